The van der Waals surface area contributed by atoms with Gasteiger partial charge < -0.3 is 4.74 Å². The molecule has 1 nitrogen and oxygen atoms in total. The fraction of sp³-hybridized carbons (Fsp3) is 1.00. The Morgan fingerprint density at radius 1 is 1.50 bits per heavy atom. The Bertz CT molecular complexity index is 125. The smallest absolute Gasteiger partial charge is 0.0574 e. The molecule has 0 aromatic carbocycles. The van der Waals surface area contributed by atoms with Crippen LogP contribution in [0.3, 0.4) is 0 Å². The van der Waals surface area contributed by atoms with E-state index in [1.165, 1.54) is 25.7 Å². The van der Waals surface area contributed by atoms with Gasteiger partial charge in [0.25, 0.3) is 0 Å². The summed E-state index contributed by atoms with van der Waals surface area (Å²) in [7, 11) is 1.84. The van der Waals surface area contributed by atoms with Crippen molar-refractivity contribution in [3.05, 3.63) is 0 Å². The molecule has 0 heterocycles. The number of hydrogen-bond acceptors (Lipinski definition) is 1. The van der Waals surface area contributed by atoms with Crippen molar-refractivity contribution < 1.29 is 4.74 Å². The molecule has 1 fully saturated rings. The molecule has 2 heteroatoms. The number of ether oxygens (including phenoxy) is 1. The highest BCUT2D eigenvalue weighted by molar-refractivity contribution is 9.09. The van der Waals surface area contributed by atoms with Gasteiger partial charge in [0.15, 0.2) is 0 Å². The maximum atomic E-state index is 5.40. The van der Waals surface area contributed by atoms with Crippen LogP contribution in [0.25, 0.3) is 0 Å². The monoisotopic (exact) mass is 234 g/mol. The SMILES string of the molecule is COC1CCCC(C(C)CBr)C1. The molecular weight excluding hydrogens is 216 g/mol. The highest BCUT2D eigenvalue weighted by atomic mass is 79.9. The van der Waals surface area contributed by atoms with E-state index in [-0.39, 0.29) is 0 Å². The molecular formula is C10H19BrO. The van der Waals surface area contributed by atoms with E-state index in [2.05, 4.69) is 22.9 Å². The fourth-order valence-corrected chi connectivity index (χ4v) is 2.57. The zero-order valence-corrected chi connectivity index (χ0v) is 9.64. The van der Waals surface area contributed by atoms with Crippen molar-refractivity contribution in [2.24, 2.45) is 11.8 Å². The number of rotatable bonds is 3. The van der Waals surface area contributed by atoms with Gasteiger partial charge in [-0.25, -0.2) is 0 Å². The zero-order chi connectivity index (χ0) is 8.97. The average molecular weight is 235 g/mol. The molecule has 0 amide bonds. The van der Waals surface area contributed by atoms with Crippen LogP contribution in [0.4, 0.5) is 0 Å². The van der Waals surface area contributed by atoms with Gasteiger partial charge in [0.2, 0.25) is 0 Å². The standard InChI is InChI=1S/C10H19BrO/c1-8(7-11)9-4-3-5-10(6-9)12-2/h8-10H,3-7H2,1-2H3. The Morgan fingerprint density at radius 2 is 2.25 bits per heavy atom. The van der Waals surface area contributed by atoms with Gasteiger partial charge in [-0.1, -0.05) is 29.3 Å². The Morgan fingerprint density at radius 3 is 2.83 bits per heavy atom. The van der Waals surface area contributed by atoms with Crippen LogP contribution in [0.2, 0.25) is 0 Å². The third kappa shape index (κ3) is 2.74. The molecule has 72 valence electrons. The number of alkyl halides is 1. The molecule has 1 rings (SSSR count). The van der Waals surface area contributed by atoms with Crippen molar-refractivity contribution in [2.75, 3.05) is 12.4 Å². The van der Waals surface area contributed by atoms with E-state index in [4.69, 9.17) is 4.74 Å². The molecule has 0 spiro atoms. The third-order valence-corrected chi connectivity index (χ3v) is 4.07. The zero-order valence-electron chi connectivity index (χ0n) is 8.05. The van der Waals surface area contributed by atoms with Crippen LogP contribution >= 0.6 is 15.9 Å². The van der Waals surface area contributed by atoms with Crippen LogP contribution in [0.15, 0.2) is 0 Å². The van der Waals surface area contributed by atoms with Gasteiger partial charge in [-0.2, -0.15) is 0 Å². The third-order valence-electron chi connectivity index (χ3n) is 3.05. The summed E-state index contributed by atoms with van der Waals surface area (Å²) >= 11 is 3.55. The molecule has 0 aliphatic heterocycles. The Hall–Kier alpha value is 0.440. The summed E-state index contributed by atoms with van der Waals surface area (Å²) in [6, 6.07) is 0. The van der Waals surface area contributed by atoms with Crippen molar-refractivity contribution in [2.45, 2.75) is 38.7 Å². The summed E-state index contributed by atoms with van der Waals surface area (Å²) in [5, 5.41) is 1.13. The summed E-state index contributed by atoms with van der Waals surface area (Å²) in [6.07, 6.45) is 5.81. The number of hydrogen-bond donors (Lipinski definition) is 0. The summed E-state index contributed by atoms with van der Waals surface area (Å²) in [4.78, 5) is 0. The van der Waals surface area contributed by atoms with Crippen LogP contribution in [-0.4, -0.2) is 18.5 Å². The van der Waals surface area contributed by atoms with Gasteiger partial charge in [-0.05, 0) is 31.1 Å². The van der Waals surface area contributed by atoms with Gasteiger partial charge in [0.1, 0.15) is 0 Å². The van der Waals surface area contributed by atoms with E-state index in [1.54, 1.807) is 0 Å². The molecule has 12 heavy (non-hydrogen) atoms. The van der Waals surface area contributed by atoms with E-state index in [0.717, 1.165) is 17.2 Å². The molecule has 3 atom stereocenters. The van der Waals surface area contributed by atoms with Gasteiger partial charge >= 0.3 is 0 Å². The molecule has 0 radical (unpaired) electrons. The van der Waals surface area contributed by atoms with Crippen molar-refractivity contribution in [3.63, 3.8) is 0 Å². The van der Waals surface area contributed by atoms with Crippen LogP contribution in [0.1, 0.15) is 32.6 Å². The Labute approximate surface area is 84.0 Å². The van der Waals surface area contributed by atoms with E-state index in [1.807, 2.05) is 7.11 Å². The largest absolute Gasteiger partial charge is 0.381 e. The van der Waals surface area contributed by atoms with E-state index in [9.17, 15) is 0 Å². The maximum absolute atomic E-state index is 5.40. The summed E-state index contributed by atoms with van der Waals surface area (Å²) < 4.78 is 5.40. The summed E-state index contributed by atoms with van der Waals surface area (Å²) in [5.41, 5.74) is 0. The van der Waals surface area contributed by atoms with Crippen LogP contribution in [0, 0.1) is 11.8 Å². The first-order valence-corrected chi connectivity index (χ1v) is 5.98. The van der Waals surface area contributed by atoms with Gasteiger partial charge in [-0.15, -0.1) is 0 Å². The first-order chi connectivity index (χ1) is 5.77. The lowest BCUT2D eigenvalue weighted by Gasteiger charge is -2.31. The predicted octanol–water partition coefficient (Wildman–Crippen LogP) is 3.22. The molecule has 1 aliphatic rings. The van der Waals surface area contributed by atoms with Crippen molar-refractivity contribution in [1.82, 2.24) is 0 Å². The second-order valence-corrected chi connectivity index (χ2v) is 4.56. The fourth-order valence-electron chi connectivity index (χ4n) is 2.04. The number of methoxy groups -OCH3 is 1. The lowest BCUT2D eigenvalue weighted by Crippen LogP contribution is -2.26. The van der Waals surface area contributed by atoms with Crippen molar-refractivity contribution >= 4 is 15.9 Å². The van der Waals surface area contributed by atoms with E-state index >= 15 is 0 Å². The summed E-state index contributed by atoms with van der Waals surface area (Å²) in [6.45, 7) is 2.33. The first-order valence-electron chi connectivity index (χ1n) is 4.86. The van der Waals surface area contributed by atoms with Crippen LogP contribution in [-0.2, 0) is 4.74 Å². The lowest BCUT2D eigenvalue weighted by molar-refractivity contribution is 0.0414. The molecule has 0 aromatic rings. The minimum Gasteiger partial charge on any atom is -0.381 e. The quantitative estimate of drug-likeness (QED) is 0.682. The molecule has 0 N–H and O–H groups in total. The van der Waals surface area contributed by atoms with Crippen LogP contribution < -0.4 is 0 Å². The minimum atomic E-state index is 0.533. The highest BCUT2D eigenvalue weighted by Gasteiger charge is 2.25. The molecule has 3 unspecified atom stereocenters. The topological polar surface area (TPSA) is 9.23 Å². The van der Waals surface area contributed by atoms with Crippen LogP contribution in [0.5, 0.6) is 0 Å². The Kier molecular flexibility index (Phi) is 4.59. The molecule has 0 aromatic heterocycles. The average Bonchev–Trinajstić information content (AvgIpc) is 2.17. The van der Waals surface area contributed by atoms with E-state index in [0.29, 0.717) is 6.10 Å². The summed E-state index contributed by atoms with van der Waals surface area (Å²) in [5.74, 6) is 1.69. The molecule has 1 aliphatic carbocycles. The lowest BCUT2D eigenvalue weighted by atomic mass is 9.80. The normalized spacial score (nSPS) is 33.2. The second kappa shape index (κ2) is 5.23. The maximum Gasteiger partial charge on any atom is 0.0574 e. The second-order valence-electron chi connectivity index (χ2n) is 3.92. The molecule has 0 saturated heterocycles. The van der Waals surface area contributed by atoms with Crippen molar-refractivity contribution in [3.8, 4) is 0 Å². The first kappa shape index (κ1) is 10.5. The van der Waals surface area contributed by atoms with Gasteiger partial charge in [0.05, 0.1) is 6.10 Å². The van der Waals surface area contributed by atoms with Gasteiger partial charge in [-0.3, -0.25) is 0 Å². The van der Waals surface area contributed by atoms with Crippen molar-refractivity contribution in [1.29, 1.82) is 0 Å². The minimum absolute atomic E-state index is 0.533. The predicted molar refractivity (Wildman–Crippen MR) is 55.7 cm³/mol. The highest BCUT2D eigenvalue weighted by Crippen LogP contribution is 2.31. The van der Waals surface area contributed by atoms with E-state index < -0.39 is 0 Å². The molecule has 0 bridgehead atoms. The molecule has 1 saturated carbocycles. The number of halogens is 1. The van der Waals surface area contributed by atoms with Gasteiger partial charge in [0, 0.05) is 12.4 Å². The Balaban J connectivity index is 2.34.